The fraction of sp³-hybridized carbons (Fsp3) is 0.385. The Hall–Kier alpha value is -1.82. The highest BCUT2D eigenvalue weighted by Crippen LogP contribution is 2.19. The molecule has 0 saturated carbocycles. The van der Waals surface area contributed by atoms with Gasteiger partial charge in [0, 0.05) is 6.54 Å². The van der Waals surface area contributed by atoms with Gasteiger partial charge in [0.15, 0.2) is 0 Å². The number of urea groups is 1. The number of hydrogen-bond donors (Lipinski definition) is 3. The molecule has 0 aromatic heterocycles. The summed E-state index contributed by atoms with van der Waals surface area (Å²) >= 11 is 5.74. The topological polar surface area (TPSA) is 78.4 Å². The molecule has 0 saturated heterocycles. The Kier molecular flexibility index (Phi) is 6.24. The Bertz CT molecular complexity index is 497. The normalized spacial score (nSPS) is 11.8. The Balaban J connectivity index is 2.54. The van der Waals surface area contributed by atoms with Crippen molar-refractivity contribution in [2.75, 3.05) is 0 Å². The molecule has 3 N–H and O–H groups in total. The average Bonchev–Trinajstić information content (AvgIpc) is 2.40. The minimum Gasteiger partial charge on any atom is -0.480 e. The van der Waals surface area contributed by atoms with Gasteiger partial charge in [-0.3, -0.25) is 0 Å². The van der Waals surface area contributed by atoms with Crippen molar-refractivity contribution in [3.05, 3.63) is 34.6 Å². The lowest BCUT2D eigenvalue weighted by molar-refractivity contribution is -0.139. The molecule has 1 aromatic rings. The van der Waals surface area contributed by atoms with Gasteiger partial charge in [0.1, 0.15) is 11.9 Å². The zero-order valence-corrected chi connectivity index (χ0v) is 11.7. The standard InChI is InChI=1S/C13H16ClFN2O3/c1-2-4-10(12(18)19)17-13(20)16-7-8-5-3-6-9(15)11(8)14/h3,5-6,10H,2,4,7H2,1H3,(H,18,19)(H2,16,17,20). The maximum atomic E-state index is 13.2. The molecule has 0 aliphatic heterocycles. The van der Waals surface area contributed by atoms with E-state index in [-0.39, 0.29) is 11.6 Å². The minimum atomic E-state index is -1.09. The molecule has 0 spiro atoms. The molecule has 7 heteroatoms. The van der Waals surface area contributed by atoms with Crippen LogP contribution in [-0.2, 0) is 11.3 Å². The van der Waals surface area contributed by atoms with Gasteiger partial charge in [0.25, 0.3) is 0 Å². The Morgan fingerprint density at radius 2 is 2.15 bits per heavy atom. The second kappa shape index (κ2) is 7.69. The zero-order chi connectivity index (χ0) is 15.1. The van der Waals surface area contributed by atoms with Crippen molar-refractivity contribution in [1.29, 1.82) is 0 Å². The predicted molar refractivity (Wildman–Crippen MR) is 73.1 cm³/mol. The van der Waals surface area contributed by atoms with Crippen molar-refractivity contribution in [3.63, 3.8) is 0 Å². The van der Waals surface area contributed by atoms with E-state index in [2.05, 4.69) is 10.6 Å². The summed E-state index contributed by atoms with van der Waals surface area (Å²) in [6.45, 7) is 1.84. The van der Waals surface area contributed by atoms with Gasteiger partial charge in [-0.25, -0.2) is 14.0 Å². The number of halogens is 2. The van der Waals surface area contributed by atoms with Crippen molar-refractivity contribution < 1.29 is 19.1 Å². The molecule has 5 nitrogen and oxygen atoms in total. The van der Waals surface area contributed by atoms with Crippen LogP contribution in [-0.4, -0.2) is 23.1 Å². The van der Waals surface area contributed by atoms with Crippen LogP contribution in [0.3, 0.4) is 0 Å². The Morgan fingerprint density at radius 3 is 2.75 bits per heavy atom. The van der Waals surface area contributed by atoms with Gasteiger partial charge in [-0.1, -0.05) is 37.1 Å². The molecule has 0 radical (unpaired) electrons. The maximum absolute atomic E-state index is 13.2. The van der Waals surface area contributed by atoms with Gasteiger partial charge in [-0.2, -0.15) is 0 Å². The van der Waals surface area contributed by atoms with Crippen LogP contribution in [0.25, 0.3) is 0 Å². The number of rotatable bonds is 6. The van der Waals surface area contributed by atoms with E-state index in [0.717, 1.165) is 0 Å². The smallest absolute Gasteiger partial charge is 0.326 e. The first-order valence-electron chi connectivity index (χ1n) is 6.15. The van der Waals surface area contributed by atoms with Crippen LogP contribution >= 0.6 is 11.6 Å². The lowest BCUT2D eigenvalue weighted by Crippen LogP contribution is -2.45. The summed E-state index contributed by atoms with van der Waals surface area (Å²) in [6.07, 6.45) is 0.969. The van der Waals surface area contributed by atoms with Gasteiger partial charge >= 0.3 is 12.0 Å². The van der Waals surface area contributed by atoms with E-state index >= 15 is 0 Å². The molecule has 0 aliphatic carbocycles. The van der Waals surface area contributed by atoms with Gasteiger partial charge in [0.05, 0.1) is 5.02 Å². The van der Waals surface area contributed by atoms with Crippen LogP contribution in [0.1, 0.15) is 25.3 Å². The Labute approximate surface area is 121 Å². The van der Waals surface area contributed by atoms with Crippen LogP contribution in [0.5, 0.6) is 0 Å². The number of aliphatic carboxylic acids is 1. The van der Waals surface area contributed by atoms with Crippen molar-refractivity contribution in [2.45, 2.75) is 32.4 Å². The SMILES string of the molecule is CCCC(NC(=O)NCc1cccc(F)c1Cl)C(=O)O. The second-order valence-electron chi connectivity index (χ2n) is 4.22. The summed E-state index contributed by atoms with van der Waals surface area (Å²) in [6, 6.07) is 2.70. The van der Waals surface area contributed by atoms with Crippen molar-refractivity contribution in [2.24, 2.45) is 0 Å². The Morgan fingerprint density at radius 1 is 1.45 bits per heavy atom. The largest absolute Gasteiger partial charge is 0.480 e. The van der Waals surface area contributed by atoms with E-state index in [1.54, 1.807) is 6.07 Å². The third-order valence-corrected chi connectivity index (χ3v) is 3.08. The highest BCUT2D eigenvalue weighted by molar-refractivity contribution is 6.31. The third kappa shape index (κ3) is 4.70. The van der Waals surface area contributed by atoms with Crippen LogP contribution in [0.15, 0.2) is 18.2 Å². The van der Waals surface area contributed by atoms with Crippen LogP contribution in [0.4, 0.5) is 9.18 Å². The van der Waals surface area contributed by atoms with E-state index in [4.69, 9.17) is 16.7 Å². The zero-order valence-electron chi connectivity index (χ0n) is 11.0. The molecular weight excluding hydrogens is 287 g/mol. The predicted octanol–water partition coefficient (Wildman–Crippen LogP) is 2.53. The molecule has 0 bridgehead atoms. The summed E-state index contributed by atoms with van der Waals surface area (Å²) in [4.78, 5) is 22.5. The summed E-state index contributed by atoms with van der Waals surface area (Å²) < 4.78 is 13.2. The monoisotopic (exact) mass is 302 g/mol. The summed E-state index contributed by atoms with van der Waals surface area (Å²) in [5.74, 6) is -1.66. The molecule has 1 aromatic carbocycles. The highest BCUT2D eigenvalue weighted by Gasteiger charge is 2.18. The number of carboxylic acid groups (broad SMARTS) is 1. The van der Waals surface area contributed by atoms with E-state index in [1.807, 2.05) is 6.92 Å². The molecular formula is C13H16ClFN2O3. The second-order valence-corrected chi connectivity index (χ2v) is 4.60. The summed E-state index contributed by atoms with van der Waals surface area (Å²) in [7, 11) is 0. The van der Waals surface area contributed by atoms with Crippen LogP contribution in [0, 0.1) is 5.82 Å². The molecule has 1 atom stereocenters. The number of hydrogen-bond acceptors (Lipinski definition) is 2. The molecule has 1 rings (SSSR count). The maximum Gasteiger partial charge on any atom is 0.326 e. The van der Waals surface area contributed by atoms with E-state index < -0.39 is 23.9 Å². The van der Waals surface area contributed by atoms with Gasteiger partial charge < -0.3 is 15.7 Å². The average molecular weight is 303 g/mol. The van der Waals surface area contributed by atoms with E-state index in [0.29, 0.717) is 18.4 Å². The first kappa shape index (κ1) is 16.2. The van der Waals surface area contributed by atoms with Gasteiger partial charge in [-0.05, 0) is 18.1 Å². The number of carboxylic acids is 1. The van der Waals surface area contributed by atoms with Crippen LogP contribution in [0.2, 0.25) is 5.02 Å². The fourth-order valence-electron chi connectivity index (χ4n) is 1.62. The first-order chi connectivity index (χ1) is 9.45. The van der Waals surface area contributed by atoms with Crippen molar-refractivity contribution in [1.82, 2.24) is 10.6 Å². The molecule has 2 amide bonds. The molecule has 20 heavy (non-hydrogen) atoms. The number of carbonyl (C=O) groups is 2. The van der Waals surface area contributed by atoms with Gasteiger partial charge in [0.2, 0.25) is 0 Å². The first-order valence-corrected chi connectivity index (χ1v) is 6.53. The molecule has 1 unspecified atom stereocenters. The van der Waals surface area contributed by atoms with Crippen molar-refractivity contribution >= 4 is 23.6 Å². The molecule has 0 fully saturated rings. The number of nitrogens with one attached hydrogen (secondary N) is 2. The highest BCUT2D eigenvalue weighted by atomic mass is 35.5. The lowest BCUT2D eigenvalue weighted by atomic mass is 10.2. The quantitative estimate of drug-likeness (QED) is 0.755. The molecule has 110 valence electrons. The van der Waals surface area contributed by atoms with E-state index in [1.165, 1.54) is 12.1 Å². The van der Waals surface area contributed by atoms with Crippen molar-refractivity contribution in [3.8, 4) is 0 Å². The lowest BCUT2D eigenvalue weighted by Gasteiger charge is -2.14. The van der Waals surface area contributed by atoms with E-state index in [9.17, 15) is 14.0 Å². The summed E-state index contributed by atoms with van der Waals surface area (Å²) in [5, 5.41) is 13.6. The number of amides is 2. The van der Waals surface area contributed by atoms with Gasteiger partial charge in [-0.15, -0.1) is 0 Å². The molecule has 0 aliphatic rings. The molecule has 0 heterocycles. The summed E-state index contributed by atoms with van der Waals surface area (Å²) in [5.41, 5.74) is 0.421. The van der Waals surface area contributed by atoms with Crippen LogP contribution < -0.4 is 10.6 Å². The fourth-order valence-corrected chi connectivity index (χ4v) is 1.81. The number of benzene rings is 1. The minimum absolute atomic E-state index is 0.0148. The number of carbonyl (C=O) groups excluding carboxylic acids is 1. The third-order valence-electron chi connectivity index (χ3n) is 2.65.